The summed E-state index contributed by atoms with van der Waals surface area (Å²) in [6.45, 7) is 1.73. The second-order valence-electron chi connectivity index (χ2n) is 4.93. The molecule has 0 radical (unpaired) electrons. The lowest BCUT2D eigenvalue weighted by Crippen LogP contribution is -2.34. The molecular formula is C18H21N3O2S. The van der Waals surface area contributed by atoms with Crippen molar-refractivity contribution in [3.8, 4) is 5.75 Å². The van der Waals surface area contributed by atoms with Gasteiger partial charge in [0.2, 0.25) is 0 Å². The summed E-state index contributed by atoms with van der Waals surface area (Å²) in [5, 5.41) is 7.57. The molecule has 2 aromatic carbocycles. The summed E-state index contributed by atoms with van der Waals surface area (Å²) < 4.78 is 10.8. The molecule has 2 N–H and O–H groups in total. The van der Waals surface area contributed by atoms with Crippen molar-refractivity contribution in [2.24, 2.45) is 5.10 Å². The van der Waals surface area contributed by atoms with Crippen molar-refractivity contribution < 1.29 is 9.47 Å². The quantitative estimate of drug-likeness (QED) is 0.334. The summed E-state index contributed by atoms with van der Waals surface area (Å²) in [5.74, 6) is 0.769. The molecule has 0 heterocycles. The summed E-state index contributed by atoms with van der Waals surface area (Å²) in [6.07, 6.45) is 1.69. The number of hydrazone groups is 1. The van der Waals surface area contributed by atoms with Crippen LogP contribution in [-0.2, 0) is 11.3 Å². The fourth-order valence-electron chi connectivity index (χ4n) is 1.92. The van der Waals surface area contributed by atoms with Gasteiger partial charge in [0.15, 0.2) is 5.11 Å². The Hall–Kier alpha value is -2.44. The third-order valence-electron chi connectivity index (χ3n) is 3.12. The Balaban J connectivity index is 1.88. The van der Waals surface area contributed by atoms with Gasteiger partial charge in [-0.1, -0.05) is 42.5 Å². The number of rotatable bonds is 8. The molecule has 0 saturated heterocycles. The van der Waals surface area contributed by atoms with Gasteiger partial charge in [-0.3, -0.25) is 5.43 Å². The van der Waals surface area contributed by atoms with Crippen LogP contribution in [0.3, 0.4) is 0 Å². The number of ether oxygens (including phenoxy) is 2. The minimum Gasteiger partial charge on any atom is -0.488 e. The number of benzene rings is 2. The van der Waals surface area contributed by atoms with Gasteiger partial charge in [-0.25, -0.2) is 0 Å². The summed E-state index contributed by atoms with van der Waals surface area (Å²) in [5.41, 5.74) is 4.76. The average Bonchev–Trinajstić information content (AvgIpc) is 2.62. The van der Waals surface area contributed by atoms with E-state index in [0.29, 0.717) is 24.9 Å². The van der Waals surface area contributed by atoms with Crippen LogP contribution in [-0.4, -0.2) is 31.6 Å². The molecule has 0 spiro atoms. The Morgan fingerprint density at radius 1 is 1.12 bits per heavy atom. The molecule has 5 nitrogen and oxygen atoms in total. The smallest absolute Gasteiger partial charge is 0.187 e. The third kappa shape index (κ3) is 6.36. The molecule has 0 aliphatic carbocycles. The number of nitrogens with one attached hydrogen (secondary N) is 2. The average molecular weight is 343 g/mol. The molecule has 0 saturated carbocycles. The number of thiocarbonyl (C=S) groups is 1. The third-order valence-corrected chi connectivity index (χ3v) is 3.35. The Bertz CT molecular complexity index is 662. The van der Waals surface area contributed by atoms with E-state index in [9.17, 15) is 0 Å². The zero-order valence-electron chi connectivity index (χ0n) is 13.6. The van der Waals surface area contributed by atoms with Gasteiger partial charge in [0.25, 0.3) is 0 Å². The topological polar surface area (TPSA) is 54.9 Å². The van der Waals surface area contributed by atoms with Gasteiger partial charge >= 0.3 is 0 Å². The number of hydrogen-bond donors (Lipinski definition) is 2. The molecule has 0 unspecified atom stereocenters. The summed E-state index contributed by atoms with van der Waals surface area (Å²) in [6, 6.07) is 17.8. The second kappa shape index (κ2) is 10.4. The molecule has 0 fully saturated rings. The van der Waals surface area contributed by atoms with Crippen LogP contribution in [0.5, 0.6) is 5.75 Å². The van der Waals surface area contributed by atoms with Gasteiger partial charge in [-0.2, -0.15) is 5.10 Å². The predicted octanol–water partition coefficient (Wildman–Crippen LogP) is 2.71. The first-order valence-electron chi connectivity index (χ1n) is 7.61. The summed E-state index contributed by atoms with van der Waals surface area (Å²) in [4.78, 5) is 0. The predicted molar refractivity (Wildman–Crippen MR) is 100 cm³/mol. The van der Waals surface area contributed by atoms with E-state index >= 15 is 0 Å². The monoisotopic (exact) mass is 343 g/mol. The molecular weight excluding hydrogens is 322 g/mol. The van der Waals surface area contributed by atoms with Crippen LogP contribution in [0.25, 0.3) is 0 Å². The molecule has 24 heavy (non-hydrogen) atoms. The first-order chi connectivity index (χ1) is 11.8. The van der Waals surface area contributed by atoms with Gasteiger partial charge < -0.3 is 14.8 Å². The van der Waals surface area contributed by atoms with E-state index in [4.69, 9.17) is 21.7 Å². The van der Waals surface area contributed by atoms with Crippen molar-refractivity contribution >= 4 is 23.5 Å². The lowest BCUT2D eigenvalue weighted by atomic mass is 10.2. The number of methoxy groups -OCH3 is 1. The first-order valence-corrected chi connectivity index (χ1v) is 8.02. The Kier molecular flexibility index (Phi) is 7.73. The molecule has 2 rings (SSSR count). The fourth-order valence-corrected chi connectivity index (χ4v) is 2.08. The van der Waals surface area contributed by atoms with Gasteiger partial charge in [0, 0.05) is 19.2 Å². The van der Waals surface area contributed by atoms with Crippen LogP contribution in [0.1, 0.15) is 11.1 Å². The minimum absolute atomic E-state index is 0.450. The fraction of sp³-hybridized carbons (Fsp3) is 0.222. The maximum atomic E-state index is 5.88. The molecule has 0 aliphatic rings. The van der Waals surface area contributed by atoms with Gasteiger partial charge in [-0.05, 0) is 29.9 Å². The maximum Gasteiger partial charge on any atom is 0.187 e. The van der Waals surface area contributed by atoms with E-state index in [0.717, 1.165) is 16.9 Å². The van der Waals surface area contributed by atoms with E-state index in [2.05, 4.69) is 15.8 Å². The van der Waals surface area contributed by atoms with Crippen LogP contribution < -0.4 is 15.5 Å². The second-order valence-corrected chi connectivity index (χ2v) is 5.34. The standard InChI is InChI=1S/C18H21N3O2S/c1-22-12-11-19-18(24)21-20-13-16-9-5-6-10-17(16)23-14-15-7-3-2-4-8-15/h2-10,13H,11-12,14H2,1H3,(H2,19,21,24)/b20-13+. The number of para-hydroxylation sites is 1. The highest BCUT2D eigenvalue weighted by molar-refractivity contribution is 7.80. The van der Waals surface area contributed by atoms with E-state index in [-0.39, 0.29) is 0 Å². The lowest BCUT2D eigenvalue weighted by molar-refractivity contribution is 0.204. The molecule has 0 bridgehead atoms. The number of hydrogen-bond acceptors (Lipinski definition) is 4. The van der Waals surface area contributed by atoms with Gasteiger partial charge in [0.05, 0.1) is 12.8 Å². The van der Waals surface area contributed by atoms with Crippen molar-refractivity contribution in [1.82, 2.24) is 10.7 Å². The van der Waals surface area contributed by atoms with Crippen molar-refractivity contribution in [1.29, 1.82) is 0 Å². The summed E-state index contributed by atoms with van der Waals surface area (Å²) >= 11 is 5.11. The Morgan fingerprint density at radius 3 is 2.67 bits per heavy atom. The molecule has 0 atom stereocenters. The molecule has 0 aromatic heterocycles. The van der Waals surface area contributed by atoms with E-state index in [1.807, 2.05) is 54.6 Å². The summed E-state index contributed by atoms with van der Waals surface area (Å²) in [7, 11) is 1.64. The van der Waals surface area contributed by atoms with Crippen LogP contribution in [0, 0.1) is 0 Å². The van der Waals surface area contributed by atoms with Crippen LogP contribution in [0.2, 0.25) is 0 Å². The van der Waals surface area contributed by atoms with Crippen molar-refractivity contribution in [2.75, 3.05) is 20.3 Å². The molecule has 6 heteroatoms. The largest absolute Gasteiger partial charge is 0.488 e. The highest BCUT2D eigenvalue weighted by Gasteiger charge is 2.01. The highest BCUT2D eigenvalue weighted by Crippen LogP contribution is 2.17. The molecule has 2 aromatic rings. The van der Waals surface area contributed by atoms with Crippen LogP contribution in [0.4, 0.5) is 0 Å². The Morgan fingerprint density at radius 2 is 1.88 bits per heavy atom. The highest BCUT2D eigenvalue weighted by atomic mass is 32.1. The number of nitrogens with zero attached hydrogens (tertiary/aromatic N) is 1. The lowest BCUT2D eigenvalue weighted by Gasteiger charge is -2.09. The Labute approximate surface area is 147 Å². The SMILES string of the molecule is COCCNC(=S)N/N=C/c1ccccc1OCc1ccccc1. The molecule has 126 valence electrons. The minimum atomic E-state index is 0.450. The maximum absolute atomic E-state index is 5.88. The van der Waals surface area contributed by atoms with Crippen LogP contribution in [0.15, 0.2) is 59.7 Å². The van der Waals surface area contributed by atoms with E-state index < -0.39 is 0 Å². The zero-order valence-corrected chi connectivity index (χ0v) is 14.4. The normalized spacial score (nSPS) is 10.5. The molecule has 0 amide bonds. The van der Waals surface area contributed by atoms with E-state index in [1.54, 1.807) is 13.3 Å². The van der Waals surface area contributed by atoms with Crippen LogP contribution >= 0.6 is 12.2 Å². The van der Waals surface area contributed by atoms with Crippen molar-refractivity contribution in [3.05, 3.63) is 65.7 Å². The van der Waals surface area contributed by atoms with Crippen molar-refractivity contribution in [2.45, 2.75) is 6.61 Å². The molecule has 0 aliphatic heterocycles. The first kappa shape index (κ1) is 17.9. The van der Waals surface area contributed by atoms with Gasteiger partial charge in [0.1, 0.15) is 12.4 Å². The van der Waals surface area contributed by atoms with Gasteiger partial charge in [-0.15, -0.1) is 0 Å². The zero-order chi connectivity index (χ0) is 17.0. The van der Waals surface area contributed by atoms with Crippen molar-refractivity contribution in [3.63, 3.8) is 0 Å². The van der Waals surface area contributed by atoms with E-state index in [1.165, 1.54) is 0 Å².